The summed E-state index contributed by atoms with van der Waals surface area (Å²) in [4.78, 5) is 0. The molecular weight excluding hydrogens is 120 g/mol. The molecule has 2 rings (SSSR count). The summed E-state index contributed by atoms with van der Waals surface area (Å²) < 4.78 is 0. The molecule has 1 atom stereocenters. The summed E-state index contributed by atoms with van der Waals surface area (Å²) in [6.07, 6.45) is 3.53. The van der Waals surface area contributed by atoms with E-state index in [0.29, 0.717) is 5.92 Å². The Kier molecular flexibility index (Phi) is 1.26. The van der Waals surface area contributed by atoms with E-state index in [9.17, 15) is 0 Å². The van der Waals surface area contributed by atoms with Gasteiger partial charge in [-0.15, -0.1) is 0 Å². The Balaban J connectivity index is 2.51. The molecule has 1 aliphatic carbocycles. The Morgan fingerprint density at radius 2 is 2.10 bits per heavy atom. The van der Waals surface area contributed by atoms with Crippen LogP contribution in [0.4, 0.5) is 0 Å². The van der Waals surface area contributed by atoms with Crippen molar-refractivity contribution in [2.45, 2.75) is 19.3 Å². The summed E-state index contributed by atoms with van der Waals surface area (Å²) in [5.74, 6) is 0.677. The Bertz CT molecular complexity index is 238. The molecule has 0 heteroatoms. The zero-order valence-electron chi connectivity index (χ0n) is 6.17. The maximum absolute atomic E-state index is 2.37. The molecule has 51 valence electrons. The third-order valence-electron chi connectivity index (χ3n) is 2.24. The van der Waals surface area contributed by atoms with Crippen molar-refractivity contribution in [3.8, 4) is 0 Å². The zero-order chi connectivity index (χ0) is 6.97. The van der Waals surface area contributed by atoms with Gasteiger partial charge in [-0.2, -0.15) is 0 Å². The van der Waals surface area contributed by atoms with E-state index in [4.69, 9.17) is 0 Å². The fourth-order valence-electron chi connectivity index (χ4n) is 1.60. The lowest BCUT2D eigenvalue weighted by molar-refractivity contribution is 0.919. The van der Waals surface area contributed by atoms with Crippen LogP contribution in [-0.2, 0) is 6.42 Å². The number of fused-ring (bicyclic) bond motifs is 1. The van der Waals surface area contributed by atoms with Crippen LogP contribution in [0.5, 0.6) is 0 Å². The number of benzene rings is 1. The molecule has 0 aromatic heterocycles. The average Bonchev–Trinajstić information content (AvgIpc) is 2.34. The monoisotopic (exact) mass is 131 g/mol. The molecule has 1 unspecified atom stereocenters. The molecule has 0 spiro atoms. The SMILES string of the molecule is CC1[CH]Cc2ccccc21. The van der Waals surface area contributed by atoms with E-state index in [-0.39, 0.29) is 0 Å². The van der Waals surface area contributed by atoms with Gasteiger partial charge in [0.2, 0.25) is 0 Å². The topological polar surface area (TPSA) is 0 Å². The maximum atomic E-state index is 2.37. The highest BCUT2D eigenvalue weighted by molar-refractivity contribution is 5.37. The minimum absolute atomic E-state index is 0.677. The second-order valence-electron chi connectivity index (χ2n) is 2.93. The summed E-state index contributed by atoms with van der Waals surface area (Å²) in [6, 6.07) is 8.68. The highest BCUT2D eigenvalue weighted by Gasteiger charge is 2.16. The quantitative estimate of drug-likeness (QED) is 0.507. The second kappa shape index (κ2) is 2.12. The van der Waals surface area contributed by atoms with E-state index < -0.39 is 0 Å². The van der Waals surface area contributed by atoms with Crippen LogP contribution in [0.15, 0.2) is 24.3 Å². The first-order valence-corrected chi connectivity index (χ1v) is 3.79. The van der Waals surface area contributed by atoms with Crippen molar-refractivity contribution in [1.29, 1.82) is 0 Å². The standard InChI is InChI=1S/C10H11/c1-8-6-7-9-4-2-3-5-10(8)9/h2-6,8H,7H2,1H3. The van der Waals surface area contributed by atoms with E-state index >= 15 is 0 Å². The first-order chi connectivity index (χ1) is 4.88. The normalized spacial score (nSPS) is 22.7. The van der Waals surface area contributed by atoms with Crippen LogP contribution in [0, 0.1) is 6.42 Å². The largest absolute Gasteiger partial charge is 0.0620 e. The number of hydrogen-bond acceptors (Lipinski definition) is 0. The molecule has 0 heterocycles. The Hall–Kier alpha value is -0.780. The molecule has 1 aromatic rings. The van der Waals surface area contributed by atoms with Crippen molar-refractivity contribution in [2.24, 2.45) is 0 Å². The summed E-state index contributed by atoms with van der Waals surface area (Å²) >= 11 is 0. The molecular formula is C10H11. The van der Waals surface area contributed by atoms with Crippen LogP contribution >= 0.6 is 0 Å². The summed E-state index contributed by atoms with van der Waals surface area (Å²) in [5, 5.41) is 0. The van der Waals surface area contributed by atoms with Gasteiger partial charge in [-0.3, -0.25) is 0 Å². The van der Waals surface area contributed by atoms with Crippen LogP contribution < -0.4 is 0 Å². The van der Waals surface area contributed by atoms with Crippen LogP contribution in [0.1, 0.15) is 24.0 Å². The number of hydrogen-bond donors (Lipinski definition) is 0. The van der Waals surface area contributed by atoms with Gasteiger partial charge in [0.05, 0.1) is 0 Å². The van der Waals surface area contributed by atoms with Gasteiger partial charge in [0.25, 0.3) is 0 Å². The van der Waals surface area contributed by atoms with Crippen LogP contribution in [0.25, 0.3) is 0 Å². The van der Waals surface area contributed by atoms with Crippen molar-refractivity contribution in [2.75, 3.05) is 0 Å². The van der Waals surface area contributed by atoms with E-state index in [1.54, 1.807) is 0 Å². The smallest absolute Gasteiger partial charge is 0.0153 e. The lowest BCUT2D eigenvalue weighted by atomic mass is 10.0. The fourth-order valence-corrected chi connectivity index (χ4v) is 1.60. The molecule has 10 heavy (non-hydrogen) atoms. The van der Waals surface area contributed by atoms with Gasteiger partial charge in [0.1, 0.15) is 0 Å². The summed E-state index contributed by atoms with van der Waals surface area (Å²) in [5.41, 5.74) is 3.03. The van der Waals surface area contributed by atoms with Crippen LogP contribution in [-0.4, -0.2) is 0 Å². The van der Waals surface area contributed by atoms with Gasteiger partial charge in [-0.1, -0.05) is 31.2 Å². The zero-order valence-corrected chi connectivity index (χ0v) is 6.17. The first-order valence-electron chi connectivity index (χ1n) is 3.79. The van der Waals surface area contributed by atoms with Crippen molar-refractivity contribution in [3.05, 3.63) is 41.8 Å². The summed E-state index contributed by atoms with van der Waals surface area (Å²) in [7, 11) is 0. The highest BCUT2D eigenvalue weighted by atomic mass is 14.2. The predicted octanol–water partition coefficient (Wildman–Crippen LogP) is 2.55. The van der Waals surface area contributed by atoms with Crippen molar-refractivity contribution in [3.63, 3.8) is 0 Å². The van der Waals surface area contributed by atoms with E-state index in [0.717, 1.165) is 6.42 Å². The van der Waals surface area contributed by atoms with Gasteiger partial charge in [-0.25, -0.2) is 0 Å². The Morgan fingerprint density at radius 1 is 1.30 bits per heavy atom. The molecule has 0 aliphatic heterocycles. The Labute approximate surface area is 61.9 Å². The maximum Gasteiger partial charge on any atom is -0.0153 e. The molecule has 0 fully saturated rings. The molecule has 0 nitrogen and oxygen atoms in total. The lowest BCUT2D eigenvalue weighted by Gasteiger charge is -2.01. The van der Waals surface area contributed by atoms with E-state index in [1.165, 1.54) is 11.1 Å². The molecule has 0 bridgehead atoms. The van der Waals surface area contributed by atoms with Gasteiger partial charge < -0.3 is 0 Å². The predicted molar refractivity (Wildman–Crippen MR) is 42.9 cm³/mol. The lowest BCUT2D eigenvalue weighted by Crippen LogP contribution is -1.84. The number of rotatable bonds is 0. The third kappa shape index (κ3) is 0.756. The Morgan fingerprint density at radius 3 is 2.90 bits per heavy atom. The van der Waals surface area contributed by atoms with Crippen molar-refractivity contribution >= 4 is 0 Å². The minimum Gasteiger partial charge on any atom is -0.0620 e. The van der Waals surface area contributed by atoms with Gasteiger partial charge in [0, 0.05) is 0 Å². The van der Waals surface area contributed by atoms with E-state index in [1.807, 2.05) is 0 Å². The molecule has 0 saturated carbocycles. The highest BCUT2D eigenvalue weighted by Crippen LogP contribution is 2.30. The first kappa shape index (κ1) is 5.96. The van der Waals surface area contributed by atoms with Gasteiger partial charge in [-0.05, 0) is 29.9 Å². The molecule has 1 aliphatic rings. The van der Waals surface area contributed by atoms with E-state index in [2.05, 4.69) is 37.6 Å². The molecule has 0 saturated heterocycles. The third-order valence-corrected chi connectivity index (χ3v) is 2.24. The van der Waals surface area contributed by atoms with Gasteiger partial charge in [0.15, 0.2) is 0 Å². The molecule has 1 radical (unpaired) electrons. The van der Waals surface area contributed by atoms with Crippen molar-refractivity contribution in [1.82, 2.24) is 0 Å². The molecule has 0 N–H and O–H groups in total. The van der Waals surface area contributed by atoms with Gasteiger partial charge >= 0.3 is 0 Å². The minimum atomic E-state index is 0.677. The second-order valence-corrected chi connectivity index (χ2v) is 2.93. The van der Waals surface area contributed by atoms with Crippen LogP contribution in [0.2, 0.25) is 0 Å². The fraction of sp³-hybridized carbons (Fsp3) is 0.300. The average molecular weight is 131 g/mol. The summed E-state index contributed by atoms with van der Waals surface area (Å²) in [6.45, 7) is 2.26. The molecule has 0 amide bonds. The van der Waals surface area contributed by atoms with Crippen molar-refractivity contribution < 1.29 is 0 Å². The van der Waals surface area contributed by atoms with Crippen LogP contribution in [0.3, 0.4) is 0 Å². The molecule has 1 aromatic carbocycles.